The molecule has 5 nitrogen and oxygen atoms in total. The van der Waals surface area contributed by atoms with Crippen LogP contribution in [0, 0.1) is 11.8 Å². The van der Waals surface area contributed by atoms with Gasteiger partial charge < -0.3 is 10.4 Å². The molecule has 2 N–H and O–H groups in total. The molecule has 1 saturated carbocycles. The lowest BCUT2D eigenvalue weighted by atomic mass is 9.98. The number of amides is 1. The molecule has 0 aliphatic heterocycles. The first-order valence-electron chi connectivity index (χ1n) is 7.21. The smallest absolute Gasteiger partial charge is 0.328 e. The van der Waals surface area contributed by atoms with Crippen LogP contribution < -0.4 is 5.32 Å². The number of aliphatic carboxylic acids is 1. The van der Waals surface area contributed by atoms with Crippen molar-refractivity contribution in [2.45, 2.75) is 26.2 Å². The van der Waals surface area contributed by atoms with E-state index in [4.69, 9.17) is 5.11 Å². The Hall–Kier alpha value is -2.17. The lowest BCUT2D eigenvalue weighted by Crippen LogP contribution is -2.30. The number of nitrogens with one attached hydrogen (secondary N) is 1. The second-order valence-electron chi connectivity index (χ2n) is 5.51. The van der Waals surface area contributed by atoms with E-state index in [2.05, 4.69) is 17.2 Å². The van der Waals surface area contributed by atoms with E-state index in [0.29, 0.717) is 29.5 Å². The maximum atomic E-state index is 12.3. The highest BCUT2D eigenvalue weighted by Gasteiger charge is 2.23. The Labute approximate surface area is 124 Å². The molecule has 2 rings (SSSR count). The molecular weight excluding hydrogens is 268 g/mol. The molecule has 0 saturated heterocycles. The fraction of sp³-hybridized carbons (Fsp3) is 0.438. The van der Waals surface area contributed by atoms with Crippen LogP contribution >= 0.6 is 0 Å². The van der Waals surface area contributed by atoms with E-state index in [-0.39, 0.29) is 5.91 Å². The van der Waals surface area contributed by atoms with Crippen molar-refractivity contribution in [1.82, 2.24) is 10.3 Å². The zero-order valence-corrected chi connectivity index (χ0v) is 12.1. The Morgan fingerprint density at radius 2 is 2.29 bits per heavy atom. The van der Waals surface area contributed by atoms with Crippen LogP contribution in [0.1, 0.15) is 42.1 Å². The van der Waals surface area contributed by atoms with Gasteiger partial charge in [-0.05, 0) is 30.4 Å². The highest BCUT2D eigenvalue weighted by molar-refractivity contribution is 5.98. The van der Waals surface area contributed by atoms with Crippen LogP contribution in [0.5, 0.6) is 0 Å². The maximum Gasteiger partial charge on any atom is 0.328 e. The zero-order chi connectivity index (χ0) is 15.2. The summed E-state index contributed by atoms with van der Waals surface area (Å²) in [7, 11) is 0. The number of carboxylic acids is 1. The van der Waals surface area contributed by atoms with Gasteiger partial charge in [0.15, 0.2) is 0 Å². The van der Waals surface area contributed by atoms with Crippen molar-refractivity contribution in [3.63, 3.8) is 0 Å². The third-order valence-electron chi connectivity index (χ3n) is 4.07. The molecule has 0 bridgehead atoms. The van der Waals surface area contributed by atoms with E-state index in [9.17, 15) is 9.59 Å². The fourth-order valence-corrected chi connectivity index (χ4v) is 2.75. The van der Waals surface area contributed by atoms with Gasteiger partial charge in [0.05, 0.1) is 0 Å². The van der Waals surface area contributed by atoms with Crippen LogP contribution in [0.3, 0.4) is 0 Å². The first-order chi connectivity index (χ1) is 10.1. The summed E-state index contributed by atoms with van der Waals surface area (Å²) < 4.78 is 0. The molecule has 0 spiro atoms. The first kappa shape index (κ1) is 15.2. The normalized spacial score (nSPS) is 21.6. The van der Waals surface area contributed by atoms with E-state index < -0.39 is 5.97 Å². The Bertz CT molecular complexity index is 554. The number of rotatable bonds is 5. The molecule has 0 radical (unpaired) electrons. The van der Waals surface area contributed by atoms with Gasteiger partial charge in [0, 0.05) is 36.1 Å². The minimum Gasteiger partial charge on any atom is -0.478 e. The van der Waals surface area contributed by atoms with Crippen molar-refractivity contribution in [2.75, 3.05) is 6.54 Å². The summed E-state index contributed by atoms with van der Waals surface area (Å²) in [6.07, 6.45) is 9.03. The summed E-state index contributed by atoms with van der Waals surface area (Å²) in [6.45, 7) is 2.89. The predicted octanol–water partition coefficient (Wildman–Crippen LogP) is 2.35. The molecule has 1 aliphatic carbocycles. The number of aromatic nitrogens is 1. The number of carboxylic acid groups (broad SMARTS) is 1. The Morgan fingerprint density at radius 3 is 2.95 bits per heavy atom. The summed E-state index contributed by atoms with van der Waals surface area (Å²) in [5.41, 5.74) is 0.963. The van der Waals surface area contributed by atoms with Gasteiger partial charge in [-0.3, -0.25) is 9.78 Å². The van der Waals surface area contributed by atoms with E-state index in [1.54, 1.807) is 6.07 Å². The topological polar surface area (TPSA) is 79.3 Å². The average molecular weight is 288 g/mol. The summed E-state index contributed by atoms with van der Waals surface area (Å²) in [5, 5.41) is 11.6. The molecule has 1 amide bonds. The van der Waals surface area contributed by atoms with Gasteiger partial charge in [0.1, 0.15) is 0 Å². The van der Waals surface area contributed by atoms with Crippen LogP contribution in [0.25, 0.3) is 6.08 Å². The molecule has 1 aromatic rings. The van der Waals surface area contributed by atoms with Crippen LogP contribution in [0.2, 0.25) is 0 Å². The Balaban J connectivity index is 2.03. The van der Waals surface area contributed by atoms with Crippen molar-refractivity contribution in [3.05, 3.63) is 35.7 Å². The van der Waals surface area contributed by atoms with Crippen molar-refractivity contribution in [2.24, 2.45) is 11.8 Å². The maximum absolute atomic E-state index is 12.3. The summed E-state index contributed by atoms with van der Waals surface area (Å²) >= 11 is 0. The summed E-state index contributed by atoms with van der Waals surface area (Å²) in [6, 6.07) is 1.61. The Kier molecular flexibility index (Phi) is 5.09. The fourth-order valence-electron chi connectivity index (χ4n) is 2.75. The molecular formula is C16H20N2O3. The SMILES string of the molecule is CC1CCCC1CNC(=O)c1ccncc1/C=C/C(=O)O. The predicted molar refractivity (Wildman–Crippen MR) is 79.7 cm³/mol. The lowest BCUT2D eigenvalue weighted by molar-refractivity contribution is -0.131. The van der Waals surface area contributed by atoms with Crippen molar-refractivity contribution in [3.8, 4) is 0 Å². The largest absolute Gasteiger partial charge is 0.478 e. The van der Waals surface area contributed by atoms with Crippen LogP contribution in [0.4, 0.5) is 0 Å². The van der Waals surface area contributed by atoms with Gasteiger partial charge in [-0.1, -0.05) is 19.8 Å². The number of pyridine rings is 1. The van der Waals surface area contributed by atoms with Crippen molar-refractivity contribution >= 4 is 18.0 Å². The van der Waals surface area contributed by atoms with Gasteiger partial charge in [0.2, 0.25) is 0 Å². The zero-order valence-electron chi connectivity index (χ0n) is 12.1. The standard InChI is InChI=1S/C16H20N2O3/c1-11-3-2-4-12(11)10-18-16(21)14-7-8-17-9-13(14)5-6-15(19)20/h5-9,11-12H,2-4,10H2,1H3,(H,18,21)(H,19,20)/b6-5+. The van der Waals surface area contributed by atoms with Crippen LogP contribution in [-0.2, 0) is 4.79 Å². The summed E-state index contributed by atoms with van der Waals surface area (Å²) in [5.74, 6) is -0.0468. The number of carbonyl (C=O) groups excluding carboxylic acids is 1. The highest BCUT2D eigenvalue weighted by Crippen LogP contribution is 2.30. The molecule has 21 heavy (non-hydrogen) atoms. The van der Waals surface area contributed by atoms with Crippen molar-refractivity contribution in [1.29, 1.82) is 0 Å². The minimum absolute atomic E-state index is 0.179. The number of hydrogen-bond acceptors (Lipinski definition) is 3. The van der Waals surface area contributed by atoms with E-state index in [1.165, 1.54) is 31.3 Å². The van der Waals surface area contributed by atoms with Gasteiger partial charge in [-0.15, -0.1) is 0 Å². The van der Waals surface area contributed by atoms with E-state index in [0.717, 1.165) is 12.5 Å². The molecule has 2 atom stereocenters. The number of nitrogens with zero attached hydrogens (tertiary/aromatic N) is 1. The molecule has 2 unspecified atom stereocenters. The van der Waals surface area contributed by atoms with Crippen LogP contribution in [-0.4, -0.2) is 28.5 Å². The lowest BCUT2D eigenvalue weighted by Gasteiger charge is -2.16. The molecule has 1 heterocycles. The van der Waals surface area contributed by atoms with Crippen molar-refractivity contribution < 1.29 is 14.7 Å². The molecule has 1 aromatic heterocycles. The molecule has 5 heteroatoms. The van der Waals surface area contributed by atoms with E-state index >= 15 is 0 Å². The highest BCUT2D eigenvalue weighted by atomic mass is 16.4. The minimum atomic E-state index is -1.05. The molecule has 1 aliphatic rings. The summed E-state index contributed by atoms with van der Waals surface area (Å²) in [4.78, 5) is 26.8. The average Bonchev–Trinajstić information content (AvgIpc) is 2.88. The first-order valence-corrected chi connectivity index (χ1v) is 7.21. The molecule has 1 fully saturated rings. The second-order valence-corrected chi connectivity index (χ2v) is 5.51. The van der Waals surface area contributed by atoms with E-state index in [1.807, 2.05) is 0 Å². The van der Waals surface area contributed by atoms with Gasteiger partial charge >= 0.3 is 5.97 Å². The quantitative estimate of drug-likeness (QED) is 0.815. The third-order valence-corrected chi connectivity index (χ3v) is 4.07. The monoisotopic (exact) mass is 288 g/mol. The van der Waals surface area contributed by atoms with Crippen LogP contribution in [0.15, 0.2) is 24.5 Å². The number of hydrogen-bond donors (Lipinski definition) is 2. The van der Waals surface area contributed by atoms with Gasteiger partial charge in [0.25, 0.3) is 5.91 Å². The molecule has 112 valence electrons. The van der Waals surface area contributed by atoms with Gasteiger partial charge in [-0.2, -0.15) is 0 Å². The van der Waals surface area contributed by atoms with Gasteiger partial charge in [-0.25, -0.2) is 4.79 Å². The Morgan fingerprint density at radius 1 is 1.48 bits per heavy atom. The second kappa shape index (κ2) is 7.02. The number of carbonyl (C=O) groups is 2. The molecule has 0 aromatic carbocycles. The third kappa shape index (κ3) is 4.15.